The maximum atomic E-state index is 14.4. The average Bonchev–Trinajstić information content (AvgIpc) is 3.53. The van der Waals surface area contributed by atoms with E-state index in [1.807, 2.05) is 22.9 Å². The molecule has 10 nitrogen and oxygen atoms in total. The van der Waals surface area contributed by atoms with E-state index in [2.05, 4.69) is 32.2 Å². The molecular weight excluding hydrogens is 563 g/mol. The Labute approximate surface area is 245 Å². The lowest BCUT2D eigenvalue weighted by Gasteiger charge is -2.30. The Bertz CT molecular complexity index is 1820. The number of aliphatic hydroxyl groups excluding tert-OH is 1. The number of pyridine rings is 1. The Morgan fingerprint density at radius 3 is 2.83 bits per heavy atom. The maximum Gasteiger partial charge on any atom is 0.261 e. The van der Waals surface area contributed by atoms with Crippen LogP contribution in [0.3, 0.4) is 0 Å². The smallest absolute Gasteiger partial charge is 0.261 e. The summed E-state index contributed by atoms with van der Waals surface area (Å²) in [7, 11) is 2.11. The molecule has 1 atom stereocenters. The molecule has 1 aliphatic heterocycles. The molecule has 220 valence electrons. The number of nitrogens with zero attached hydrogens (tertiary/aromatic N) is 3. The van der Waals surface area contributed by atoms with Crippen LogP contribution >= 0.6 is 11.6 Å². The van der Waals surface area contributed by atoms with Gasteiger partial charge in [-0.3, -0.25) is 4.79 Å². The highest BCUT2D eigenvalue weighted by molar-refractivity contribution is 6.32. The summed E-state index contributed by atoms with van der Waals surface area (Å²) in [5.74, 6) is -0.136. The number of nitrogens with one attached hydrogen (secondary N) is 3. The number of anilines is 1. The number of aliphatic hydroxyl groups is 1. The molecule has 0 aliphatic carbocycles. The first-order valence-corrected chi connectivity index (χ1v) is 14.2. The second-order valence-electron chi connectivity index (χ2n) is 10.9. The summed E-state index contributed by atoms with van der Waals surface area (Å²) < 4.78 is 21.8. The predicted octanol–water partition coefficient (Wildman–Crippen LogP) is 4.80. The van der Waals surface area contributed by atoms with E-state index in [4.69, 9.17) is 16.3 Å². The van der Waals surface area contributed by atoms with Crippen molar-refractivity contribution in [2.24, 2.45) is 0 Å². The Morgan fingerprint density at radius 2 is 2.05 bits per heavy atom. The maximum absolute atomic E-state index is 14.4. The standard InChI is InChI=1S/C30H32ClFN6O4/c1-16-3-4-21(31)27(26(16)32)42-15-19(39)13-34-22-5-8-33-29(40)25(22)28-35-23-11-17-14-38(18-6-9-37(2)10-7-18)30(41)20(17)12-24(23)36-28/h3-5,8,11-12,14,18-19,39,41H,6-7,9-10,13,15H2,1-2H3,(H,35,36)(H2,33,34,40)/t19-/m1/s1. The van der Waals surface area contributed by atoms with Gasteiger partial charge in [0.2, 0.25) is 0 Å². The molecule has 0 bridgehead atoms. The Hall–Kier alpha value is -4.06. The number of rotatable bonds is 8. The first-order chi connectivity index (χ1) is 20.2. The number of hydrogen-bond donors (Lipinski definition) is 5. The lowest BCUT2D eigenvalue weighted by atomic mass is 10.1. The van der Waals surface area contributed by atoms with Crippen LogP contribution in [0.15, 0.2) is 47.5 Å². The number of halogens is 2. The number of benzene rings is 2. The molecule has 0 spiro atoms. The van der Waals surface area contributed by atoms with Crippen molar-refractivity contribution in [3.8, 4) is 23.0 Å². The van der Waals surface area contributed by atoms with E-state index >= 15 is 0 Å². The summed E-state index contributed by atoms with van der Waals surface area (Å²) >= 11 is 6.05. The molecule has 0 radical (unpaired) electrons. The number of aromatic amines is 2. The topological polar surface area (TPSA) is 131 Å². The molecule has 3 aromatic heterocycles. The molecule has 1 saturated heterocycles. The van der Waals surface area contributed by atoms with E-state index in [-0.39, 0.29) is 47.0 Å². The van der Waals surface area contributed by atoms with Crippen molar-refractivity contribution in [2.45, 2.75) is 31.9 Å². The number of H-pyrrole nitrogens is 2. The minimum absolute atomic E-state index is 0.0145. The van der Waals surface area contributed by atoms with Crippen LogP contribution in [0, 0.1) is 12.7 Å². The molecule has 2 aromatic carbocycles. The number of likely N-dealkylation sites (tertiary alicyclic amines) is 1. The summed E-state index contributed by atoms with van der Waals surface area (Å²) in [6.07, 6.45) is 4.37. The molecule has 1 aliphatic rings. The van der Waals surface area contributed by atoms with Gasteiger partial charge < -0.3 is 39.7 Å². The lowest BCUT2D eigenvalue weighted by Crippen LogP contribution is -2.31. The molecular formula is C30H32ClFN6O4. The third-order valence-electron chi connectivity index (χ3n) is 7.89. The van der Waals surface area contributed by atoms with Gasteiger partial charge in [0, 0.05) is 35.8 Å². The molecule has 5 N–H and O–H groups in total. The summed E-state index contributed by atoms with van der Waals surface area (Å²) in [4.78, 5) is 25.8. The van der Waals surface area contributed by atoms with E-state index < -0.39 is 11.9 Å². The second-order valence-corrected chi connectivity index (χ2v) is 11.3. The van der Waals surface area contributed by atoms with Gasteiger partial charge >= 0.3 is 0 Å². The third kappa shape index (κ3) is 5.31. The van der Waals surface area contributed by atoms with E-state index in [0.29, 0.717) is 28.0 Å². The summed E-state index contributed by atoms with van der Waals surface area (Å²) in [6, 6.07) is 8.74. The predicted molar refractivity (Wildman–Crippen MR) is 161 cm³/mol. The van der Waals surface area contributed by atoms with Gasteiger partial charge in [0.05, 0.1) is 21.7 Å². The molecule has 0 saturated carbocycles. The highest BCUT2D eigenvalue weighted by Gasteiger charge is 2.23. The SMILES string of the molecule is Cc1ccc(Cl)c(OC[C@H](O)CNc2cc[nH]c(=O)c2-c2nc3cc4c(O)n(C5CCN(C)CC5)cc4cc3[nH]2)c1F. The zero-order chi connectivity index (χ0) is 29.5. The van der Waals surface area contributed by atoms with E-state index in [0.717, 1.165) is 36.8 Å². The number of aryl methyl sites for hydroxylation is 1. The van der Waals surface area contributed by atoms with Crippen LogP contribution in [-0.2, 0) is 0 Å². The van der Waals surface area contributed by atoms with Crippen LogP contribution in [0.25, 0.3) is 33.2 Å². The molecule has 42 heavy (non-hydrogen) atoms. The third-order valence-corrected chi connectivity index (χ3v) is 8.18. The highest BCUT2D eigenvalue weighted by atomic mass is 35.5. The number of aromatic hydroxyl groups is 1. The molecule has 0 amide bonds. The van der Waals surface area contributed by atoms with Gasteiger partial charge in [-0.15, -0.1) is 0 Å². The van der Waals surface area contributed by atoms with Crippen LogP contribution in [0.4, 0.5) is 10.1 Å². The van der Waals surface area contributed by atoms with Gasteiger partial charge in [0.25, 0.3) is 5.56 Å². The fraction of sp³-hybridized carbons (Fsp3) is 0.333. The average molecular weight is 595 g/mol. The Balaban J connectivity index is 1.22. The quantitative estimate of drug-likeness (QED) is 0.174. The zero-order valence-corrected chi connectivity index (χ0v) is 24.0. The first kappa shape index (κ1) is 28.1. The van der Waals surface area contributed by atoms with E-state index in [1.165, 1.54) is 12.3 Å². The van der Waals surface area contributed by atoms with Crippen LogP contribution in [-0.4, -0.2) is 74.0 Å². The van der Waals surface area contributed by atoms with Crippen LogP contribution < -0.4 is 15.6 Å². The van der Waals surface area contributed by atoms with Gasteiger partial charge in [-0.05, 0) is 69.7 Å². The summed E-state index contributed by atoms with van der Waals surface area (Å²) in [5.41, 5.74) is 2.04. The largest absolute Gasteiger partial charge is 0.494 e. The van der Waals surface area contributed by atoms with Gasteiger partial charge in [0.15, 0.2) is 17.4 Å². The number of fused-ring (bicyclic) bond motifs is 2. The van der Waals surface area contributed by atoms with Crippen molar-refractivity contribution in [2.75, 3.05) is 38.6 Å². The summed E-state index contributed by atoms with van der Waals surface area (Å²) in [6.45, 7) is 3.36. The van der Waals surface area contributed by atoms with Gasteiger partial charge in [-0.2, -0.15) is 0 Å². The fourth-order valence-corrected chi connectivity index (χ4v) is 5.68. The molecule has 5 aromatic rings. The lowest BCUT2D eigenvalue weighted by molar-refractivity contribution is 0.115. The van der Waals surface area contributed by atoms with Crippen molar-refractivity contribution in [3.05, 3.63) is 69.5 Å². The molecule has 4 heterocycles. The number of hydrogen-bond acceptors (Lipinski definition) is 7. The fourth-order valence-electron chi connectivity index (χ4n) is 5.48. The summed E-state index contributed by atoms with van der Waals surface area (Å²) in [5, 5.41) is 26.3. The monoisotopic (exact) mass is 594 g/mol. The molecule has 1 fully saturated rings. The number of piperidine rings is 1. The zero-order valence-electron chi connectivity index (χ0n) is 23.2. The Morgan fingerprint density at radius 1 is 1.26 bits per heavy atom. The van der Waals surface area contributed by atoms with Crippen LogP contribution in [0.5, 0.6) is 11.6 Å². The minimum atomic E-state index is -1.03. The van der Waals surface area contributed by atoms with Crippen molar-refractivity contribution in [3.63, 3.8) is 0 Å². The van der Waals surface area contributed by atoms with Crippen molar-refractivity contribution in [1.82, 2.24) is 24.4 Å². The van der Waals surface area contributed by atoms with Crippen LogP contribution in [0.2, 0.25) is 5.02 Å². The van der Waals surface area contributed by atoms with Crippen molar-refractivity contribution in [1.29, 1.82) is 0 Å². The Kier molecular flexibility index (Phi) is 7.56. The van der Waals surface area contributed by atoms with Gasteiger partial charge in [0.1, 0.15) is 24.1 Å². The number of ether oxygens (including phenoxy) is 1. The highest BCUT2D eigenvalue weighted by Crippen LogP contribution is 2.36. The van der Waals surface area contributed by atoms with Crippen molar-refractivity contribution >= 4 is 39.1 Å². The van der Waals surface area contributed by atoms with E-state index in [9.17, 15) is 19.4 Å². The minimum Gasteiger partial charge on any atom is -0.494 e. The van der Waals surface area contributed by atoms with Crippen molar-refractivity contribution < 1.29 is 19.3 Å². The van der Waals surface area contributed by atoms with Gasteiger partial charge in [-0.25, -0.2) is 9.37 Å². The number of aromatic nitrogens is 4. The second kappa shape index (κ2) is 11.3. The molecule has 6 rings (SSSR count). The van der Waals surface area contributed by atoms with E-state index in [1.54, 1.807) is 19.1 Å². The van der Waals surface area contributed by atoms with Gasteiger partial charge in [-0.1, -0.05) is 17.7 Å². The van der Waals surface area contributed by atoms with Crippen LogP contribution in [0.1, 0.15) is 24.4 Å². The number of imidazole rings is 1. The molecule has 12 heteroatoms. The first-order valence-electron chi connectivity index (χ1n) is 13.8. The molecule has 0 unspecified atom stereocenters. The normalized spacial score (nSPS) is 15.5.